The van der Waals surface area contributed by atoms with Crippen molar-refractivity contribution in [2.24, 2.45) is 0 Å². The van der Waals surface area contributed by atoms with E-state index in [1.807, 2.05) is 19.2 Å². The molecule has 0 aromatic carbocycles. The molecule has 1 N–H and O–H groups in total. The monoisotopic (exact) mass is 244 g/mol. The van der Waals surface area contributed by atoms with Gasteiger partial charge < -0.3 is 9.88 Å². The van der Waals surface area contributed by atoms with E-state index in [2.05, 4.69) is 36.0 Å². The van der Waals surface area contributed by atoms with Gasteiger partial charge in [-0.3, -0.25) is 4.90 Å². The molecule has 0 radical (unpaired) electrons. The van der Waals surface area contributed by atoms with Crippen LogP contribution in [0.4, 0.5) is 5.82 Å². The highest BCUT2D eigenvalue weighted by Gasteiger charge is 2.17. The van der Waals surface area contributed by atoms with E-state index < -0.39 is 0 Å². The Morgan fingerprint density at radius 3 is 3.17 bits per heavy atom. The van der Waals surface area contributed by atoms with Crippen molar-refractivity contribution in [2.45, 2.75) is 19.6 Å². The molecule has 18 heavy (non-hydrogen) atoms. The average molecular weight is 244 g/mol. The Kier molecular flexibility index (Phi) is 2.93. The first kappa shape index (κ1) is 11.2. The summed E-state index contributed by atoms with van der Waals surface area (Å²) in [4.78, 5) is 6.87. The fourth-order valence-electron chi connectivity index (χ4n) is 2.19. The fourth-order valence-corrected chi connectivity index (χ4v) is 2.19. The van der Waals surface area contributed by atoms with Crippen LogP contribution in [0.1, 0.15) is 11.5 Å². The molecular weight excluding hydrogens is 228 g/mol. The highest BCUT2D eigenvalue weighted by Crippen LogP contribution is 2.13. The second-order valence-corrected chi connectivity index (χ2v) is 4.42. The Balaban J connectivity index is 1.70. The lowest BCUT2D eigenvalue weighted by atomic mass is 10.3. The highest BCUT2D eigenvalue weighted by molar-refractivity contribution is 5.34. The average Bonchev–Trinajstić information content (AvgIpc) is 2.86. The first-order valence-corrected chi connectivity index (χ1v) is 6.08. The maximum atomic E-state index is 4.53. The third-order valence-electron chi connectivity index (χ3n) is 3.17. The van der Waals surface area contributed by atoms with Crippen LogP contribution in [-0.2, 0) is 19.6 Å². The van der Waals surface area contributed by atoms with Crippen molar-refractivity contribution in [3.05, 3.63) is 36.0 Å². The lowest BCUT2D eigenvalue weighted by molar-refractivity contribution is 0.206. The van der Waals surface area contributed by atoms with Crippen LogP contribution in [0.2, 0.25) is 0 Å². The summed E-state index contributed by atoms with van der Waals surface area (Å²) in [6.07, 6.45) is 1.80. The normalized spacial score (nSPS) is 15.4. The summed E-state index contributed by atoms with van der Waals surface area (Å²) >= 11 is 0. The Morgan fingerprint density at radius 2 is 2.28 bits per heavy atom. The van der Waals surface area contributed by atoms with E-state index in [4.69, 9.17) is 0 Å². The molecule has 0 saturated heterocycles. The molecular formula is C12H16N6. The van der Waals surface area contributed by atoms with Crippen LogP contribution >= 0.6 is 0 Å². The van der Waals surface area contributed by atoms with Gasteiger partial charge in [0.05, 0.1) is 12.2 Å². The Bertz CT molecular complexity index is 535. The molecule has 6 heteroatoms. The van der Waals surface area contributed by atoms with Gasteiger partial charge in [-0.2, -0.15) is 0 Å². The van der Waals surface area contributed by atoms with Gasteiger partial charge >= 0.3 is 0 Å². The topological polar surface area (TPSA) is 58.9 Å². The second-order valence-electron chi connectivity index (χ2n) is 4.42. The van der Waals surface area contributed by atoms with Gasteiger partial charge in [-0.1, -0.05) is 6.07 Å². The predicted molar refractivity (Wildman–Crippen MR) is 67.9 cm³/mol. The van der Waals surface area contributed by atoms with E-state index >= 15 is 0 Å². The van der Waals surface area contributed by atoms with Gasteiger partial charge in [0.1, 0.15) is 18.0 Å². The number of fused-ring (bicyclic) bond motifs is 1. The molecule has 94 valence electrons. The lowest BCUT2D eigenvalue weighted by Crippen LogP contribution is -2.33. The third kappa shape index (κ3) is 2.19. The van der Waals surface area contributed by atoms with Crippen molar-refractivity contribution in [1.29, 1.82) is 0 Å². The maximum Gasteiger partial charge on any atom is 0.147 e. The smallest absolute Gasteiger partial charge is 0.147 e. The SMILES string of the molecule is CNc1cccc(CN2CCn3cnnc3C2)n1. The number of hydrogen-bond donors (Lipinski definition) is 1. The maximum absolute atomic E-state index is 4.53. The molecule has 6 nitrogen and oxygen atoms in total. The number of anilines is 1. The zero-order valence-corrected chi connectivity index (χ0v) is 10.4. The van der Waals surface area contributed by atoms with E-state index in [9.17, 15) is 0 Å². The van der Waals surface area contributed by atoms with Crippen molar-refractivity contribution in [3.63, 3.8) is 0 Å². The van der Waals surface area contributed by atoms with Gasteiger partial charge in [0.15, 0.2) is 0 Å². The first-order valence-electron chi connectivity index (χ1n) is 6.08. The lowest BCUT2D eigenvalue weighted by Gasteiger charge is -2.26. The molecule has 0 fully saturated rings. The van der Waals surface area contributed by atoms with Crippen molar-refractivity contribution in [3.8, 4) is 0 Å². The van der Waals surface area contributed by atoms with Crippen LogP contribution in [0, 0.1) is 0 Å². The Hall–Kier alpha value is -1.95. The largest absolute Gasteiger partial charge is 0.373 e. The Morgan fingerprint density at radius 1 is 1.33 bits per heavy atom. The summed E-state index contributed by atoms with van der Waals surface area (Å²) in [5, 5.41) is 11.1. The molecule has 2 aromatic rings. The minimum Gasteiger partial charge on any atom is -0.373 e. The fraction of sp³-hybridized carbons (Fsp3) is 0.417. The van der Waals surface area contributed by atoms with Crippen LogP contribution in [0.5, 0.6) is 0 Å². The molecule has 0 bridgehead atoms. The van der Waals surface area contributed by atoms with E-state index in [1.54, 1.807) is 6.33 Å². The number of rotatable bonds is 3. The van der Waals surface area contributed by atoms with Gasteiger partial charge in [0.2, 0.25) is 0 Å². The molecule has 0 aliphatic carbocycles. The number of aromatic nitrogens is 4. The molecule has 2 aromatic heterocycles. The minimum atomic E-state index is 0.839. The second kappa shape index (κ2) is 4.73. The van der Waals surface area contributed by atoms with Crippen LogP contribution in [0.15, 0.2) is 24.5 Å². The van der Waals surface area contributed by atoms with E-state index in [0.717, 1.165) is 43.5 Å². The highest BCUT2D eigenvalue weighted by atomic mass is 15.3. The van der Waals surface area contributed by atoms with Gasteiger partial charge in [-0.05, 0) is 12.1 Å². The Labute approximate surface area is 106 Å². The van der Waals surface area contributed by atoms with Gasteiger partial charge in [0, 0.05) is 26.7 Å². The zero-order chi connectivity index (χ0) is 12.4. The van der Waals surface area contributed by atoms with Crippen LogP contribution in [0.25, 0.3) is 0 Å². The molecule has 1 aliphatic rings. The zero-order valence-electron chi connectivity index (χ0n) is 10.4. The summed E-state index contributed by atoms with van der Waals surface area (Å²) in [6.45, 7) is 3.65. The molecule has 3 heterocycles. The van der Waals surface area contributed by atoms with Crippen molar-refractivity contribution in [1.82, 2.24) is 24.6 Å². The standard InChI is InChI=1S/C12H16N6/c1-13-11-4-2-3-10(15-11)7-17-5-6-18-9-14-16-12(18)8-17/h2-4,9H,5-8H2,1H3,(H,13,15). The predicted octanol–water partition coefficient (Wildman–Crippen LogP) is 0.731. The third-order valence-corrected chi connectivity index (χ3v) is 3.17. The van der Waals surface area contributed by atoms with Gasteiger partial charge in [0.25, 0.3) is 0 Å². The molecule has 0 unspecified atom stereocenters. The van der Waals surface area contributed by atoms with Crippen molar-refractivity contribution in [2.75, 3.05) is 18.9 Å². The molecule has 0 saturated carbocycles. The van der Waals surface area contributed by atoms with E-state index in [1.165, 1.54) is 0 Å². The van der Waals surface area contributed by atoms with Gasteiger partial charge in [-0.25, -0.2) is 4.98 Å². The number of hydrogen-bond acceptors (Lipinski definition) is 5. The summed E-state index contributed by atoms with van der Waals surface area (Å²) in [5.41, 5.74) is 1.08. The quantitative estimate of drug-likeness (QED) is 0.862. The molecule has 1 aliphatic heterocycles. The summed E-state index contributed by atoms with van der Waals surface area (Å²) < 4.78 is 2.11. The molecule has 0 atom stereocenters. The molecule has 0 spiro atoms. The molecule has 0 amide bonds. The van der Waals surface area contributed by atoms with Crippen LogP contribution < -0.4 is 5.32 Å². The van der Waals surface area contributed by atoms with E-state index in [-0.39, 0.29) is 0 Å². The van der Waals surface area contributed by atoms with E-state index in [0.29, 0.717) is 0 Å². The summed E-state index contributed by atoms with van der Waals surface area (Å²) in [5.74, 6) is 1.94. The summed E-state index contributed by atoms with van der Waals surface area (Å²) in [6, 6.07) is 6.05. The van der Waals surface area contributed by atoms with Crippen LogP contribution in [0.3, 0.4) is 0 Å². The van der Waals surface area contributed by atoms with Crippen molar-refractivity contribution >= 4 is 5.82 Å². The van der Waals surface area contributed by atoms with Crippen LogP contribution in [-0.4, -0.2) is 38.2 Å². The molecule has 3 rings (SSSR count). The minimum absolute atomic E-state index is 0.839. The number of pyridine rings is 1. The van der Waals surface area contributed by atoms with Crippen molar-refractivity contribution < 1.29 is 0 Å². The number of nitrogens with zero attached hydrogens (tertiary/aromatic N) is 5. The first-order chi connectivity index (χ1) is 8.85. The number of nitrogens with one attached hydrogen (secondary N) is 1. The van der Waals surface area contributed by atoms with Gasteiger partial charge in [-0.15, -0.1) is 10.2 Å². The summed E-state index contributed by atoms with van der Waals surface area (Å²) in [7, 11) is 1.88.